The summed E-state index contributed by atoms with van der Waals surface area (Å²) in [6.07, 6.45) is 0. The lowest BCUT2D eigenvalue weighted by Gasteiger charge is -2.34. The summed E-state index contributed by atoms with van der Waals surface area (Å²) >= 11 is 0. The molecule has 0 bridgehead atoms. The Morgan fingerprint density at radius 1 is 0.382 bits per heavy atom. The molecule has 0 aliphatic carbocycles. The molecule has 13 aromatic rings. The summed E-state index contributed by atoms with van der Waals surface area (Å²) in [7, 11) is 0. The van der Waals surface area contributed by atoms with Gasteiger partial charge in [-0.1, -0.05) is 175 Å². The molecule has 368 valence electrons. The summed E-state index contributed by atoms with van der Waals surface area (Å²) in [5.41, 5.74) is 28.2. The van der Waals surface area contributed by atoms with Gasteiger partial charge in [0.25, 0.3) is 6.71 Å². The predicted octanol–water partition coefficient (Wildman–Crippen LogP) is 15.2. The lowest BCUT2D eigenvalue weighted by Crippen LogP contribution is -2.59. The van der Waals surface area contributed by atoms with Crippen LogP contribution in [0.2, 0.25) is 0 Å². The SMILES string of the molecule is Cc1cc2c3c(c1)-n1c(-c4ccccc4C(C)(C)C)nc4c1c(cc1c5ccccc5n(-c5c(C)cccc5C)c14)B3c1cc3c4ccccc4n(-c4c(C)cccc4C)c3c3nc(-c4ccccc4C(C)(C)C)n-2c13. The van der Waals surface area contributed by atoms with Crippen LogP contribution in [0.3, 0.4) is 0 Å². The summed E-state index contributed by atoms with van der Waals surface area (Å²) in [5, 5.41) is 4.86. The minimum atomic E-state index is -0.154. The molecule has 0 fully saturated rings. The van der Waals surface area contributed by atoms with Gasteiger partial charge in [0.1, 0.15) is 22.7 Å². The highest BCUT2D eigenvalue weighted by molar-refractivity contribution is 7.00. The molecule has 6 nitrogen and oxygen atoms in total. The van der Waals surface area contributed by atoms with Crippen LogP contribution in [0.5, 0.6) is 0 Å². The van der Waals surface area contributed by atoms with Crippen LogP contribution < -0.4 is 16.4 Å². The summed E-state index contributed by atoms with van der Waals surface area (Å²) in [5.74, 6) is 1.93. The maximum absolute atomic E-state index is 6.10. The molecule has 0 saturated carbocycles. The van der Waals surface area contributed by atoms with Crippen LogP contribution in [0.4, 0.5) is 0 Å². The Morgan fingerprint density at radius 2 is 0.763 bits per heavy atom. The van der Waals surface area contributed by atoms with Crippen LogP contribution in [0, 0.1) is 34.6 Å². The molecule has 2 aliphatic rings. The number of aromatic nitrogens is 6. The highest BCUT2D eigenvalue weighted by Gasteiger charge is 2.44. The third kappa shape index (κ3) is 5.89. The normalized spacial score (nSPS) is 13.2. The van der Waals surface area contributed by atoms with E-state index in [1.54, 1.807) is 0 Å². The molecule has 0 amide bonds. The topological polar surface area (TPSA) is 45.5 Å². The van der Waals surface area contributed by atoms with Crippen LogP contribution in [0.1, 0.15) is 80.5 Å². The van der Waals surface area contributed by atoms with Crippen molar-refractivity contribution in [1.29, 1.82) is 0 Å². The molecule has 7 heteroatoms. The predicted molar refractivity (Wildman–Crippen MR) is 321 cm³/mol. The van der Waals surface area contributed by atoms with Crippen molar-refractivity contribution in [3.8, 4) is 45.5 Å². The van der Waals surface area contributed by atoms with Gasteiger partial charge in [-0.05, 0) is 125 Å². The Kier molecular flexibility index (Phi) is 9.09. The number of hydrogen-bond acceptors (Lipinski definition) is 2. The monoisotopic (exact) mass is 982 g/mol. The third-order valence-electron chi connectivity index (χ3n) is 17.1. The molecule has 4 aromatic heterocycles. The molecule has 6 heterocycles. The van der Waals surface area contributed by atoms with E-state index in [2.05, 4.69) is 252 Å². The first kappa shape index (κ1) is 45.0. The molecule has 2 aliphatic heterocycles. The second-order valence-corrected chi connectivity index (χ2v) is 24.1. The van der Waals surface area contributed by atoms with Crippen molar-refractivity contribution in [2.45, 2.75) is 87.0 Å². The van der Waals surface area contributed by atoms with Crippen LogP contribution in [0.15, 0.2) is 158 Å². The van der Waals surface area contributed by atoms with Gasteiger partial charge in [0, 0.05) is 44.0 Å². The summed E-state index contributed by atoms with van der Waals surface area (Å²) in [6, 6.07) is 59.4. The lowest BCUT2D eigenvalue weighted by atomic mass is 9.34. The molecule has 0 unspecified atom stereocenters. The van der Waals surface area contributed by atoms with Crippen molar-refractivity contribution in [2.75, 3.05) is 0 Å². The number of hydrogen-bond donors (Lipinski definition) is 0. The molecule has 0 atom stereocenters. The molecule has 0 radical (unpaired) electrons. The first-order valence-electron chi connectivity index (χ1n) is 27.1. The molecular weight excluding hydrogens is 924 g/mol. The third-order valence-corrected chi connectivity index (χ3v) is 17.1. The molecular formula is C69H59BN6. The molecule has 9 aromatic carbocycles. The minimum Gasteiger partial charge on any atom is -0.307 e. The van der Waals surface area contributed by atoms with Crippen molar-refractivity contribution in [3.63, 3.8) is 0 Å². The van der Waals surface area contributed by atoms with E-state index in [-0.39, 0.29) is 17.5 Å². The fraction of sp³-hybridized carbons (Fsp3) is 0.188. The van der Waals surface area contributed by atoms with Gasteiger partial charge in [-0.25, -0.2) is 9.97 Å². The number of fused-ring (bicyclic) bond motifs is 12. The number of aryl methyl sites for hydroxylation is 5. The second-order valence-electron chi connectivity index (χ2n) is 24.1. The van der Waals surface area contributed by atoms with Gasteiger partial charge in [0.05, 0.1) is 44.5 Å². The Bertz CT molecular complexity index is 4390. The van der Waals surface area contributed by atoms with Crippen molar-refractivity contribution in [2.24, 2.45) is 0 Å². The zero-order chi connectivity index (χ0) is 52.0. The van der Waals surface area contributed by atoms with Crippen molar-refractivity contribution in [3.05, 3.63) is 197 Å². The van der Waals surface area contributed by atoms with E-state index in [1.165, 1.54) is 111 Å². The number of para-hydroxylation sites is 4. The smallest absolute Gasteiger partial charge is 0.252 e. The van der Waals surface area contributed by atoms with E-state index in [9.17, 15) is 0 Å². The standard InChI is InChI=1S/C69H59BN6/c1-38-34-55-57-56(35-38)76-65-52(37-48-44-27-15-19-33-54(44)74(61-41(4)24-21-25-42(61)5)63(48)59(65)72-67(76)46-29-13-17-31-50(46)69(9,10)11)70(57)51-36-47-43-26-14-18-32-53(43)73(60-39(2)22-20-23-40(60)3)62(47)58-64(51)75(55)66(71-58)45-28-12-16-30-49(45)68(6,7)8/h12-37H,1-11H3. The fourth-order valence-corrected chi connectivity index (χ4v) is 14.1. The highest BCUT2D eigenvalue weighted by Crippen LogP contribution is 2.47. The summed E-state index contributed by atoms with van der Waals surface area (Å²) in [4.78, 5) is 12.2. The molecule has 76 heavy (non-hydrogen) atoms. The van der Waals surface area contributed by atoms with E-state index in [0.29, 0.717) is 0 Å². The van der Waals surface area contributed by atoms with Gasteiger partial charge in [-0.3, -0.25) is 9.13 Å². The largest absolute Gasteiger partial charge is 0.307 e. The van der Waals surface area contributed by atoms with Gasteiger partial charge in [-0.15, -0.1) is 0 Å². The molecule has 0 spiro atoms. The number of nitrogens with zero attached hydrogens (tertiary/aromatic N) is 6. The van der Waals surface area contributed by atoms with Crippen molar-refractivity contribution < 1.29 is 0 Å². The van der Waals surface area contributed by atoms with Crippen molar-refractivity contribution >= 4 is 88.8 Å². The Hall–Kier alpha value is -8.42. The molecule has 0 N–H and O–H groups in total. The molecule has 15 rings (SSSR count). The van der Waals surface area contributed by atoms with E-state index >= 15 is 0 Å². The highest BCUT2D eigenvalue weighted by atomic mass is 15.1. The zero-order valence-electron chi connectivity index (χ0n) is 45.3. The number of rotatable bonds is 4. The Morgan fingerprint density at radius 3 is 1.17 bits per heavy atom. The lowest BCUT2D eigenvalue weighted by molar-refractivity contribution is 0.591. The fourth-order valence-electron chi connectivity index (χ4n) is 14.1. The first-order valence-corrected chi connectivity index (χ1v) is 27.1. The first-order chi connectivity index (χ1) is 36.6. The maximum atomic E-state index is 6.10. The van der Waals surface area contributed by atoms with E-state index in [4.69, 9.17) is 9.97 Å². The van der Waals surface area contributed by atoms with Crippen LogP contribution in [-0.4, -0.2) is 34.9 Å². The van der Waals surface area contributed by atoms with Crippen LogP contribution in [0.25, 0.3) is 111 Å². The van der Waals surface area contributed by atoms with E-state index in [1.807, 2.05) is 0 Å². The van der Waals surface area contributed by atoms with Crippen molar-refractivity contribution in [1.82, 2.24) is 28.2 Å². The summed E-state index contributed by atoms with van der Waals surface area (Å²) in [6.45, 7) is 25.1. The second kappa shape index (κ2) is 15.4. The quantitative estimate of drug-likeness (QED) is 0.165. The van der Waals surface area contributed by atoms with Gasteiger partial charge in [0.15, 0.2) is 0 Å². The van der Waals surface area contributed by atoms with Gasteiger partial charge in [0.2, 0.25) is 0 Å². The Labute approximate surface area is 444 Å². The van der Waals surface area contributed by atoms with Gasteiger partial charge >= 0.3 is 0 Å². The maximum Gasteiger partial charge on any atom is 0.252 e. The van der Waals surface area contributed by atoms with Crippen LogP contribution >= 0.6 is 0 Å². The average molecular weight is 983 g/mol. The van der Waals surface area contributed by atoms with Gasteiger partial charge in [-0.2, -0.15) is 0 Å². The molecule has 0 saturated heterocycles. The van der Waals surface area contributed by atoms with E-state index < -0.39 is 0 Å². The summed E-state index contributed by atoms with van der Waals surface area (Å²) < 4.78 is 10.2. The minimum absolute atomic E-state index is 0.151. The number of imidazole rings is 2. The van der Waals surface area contributed by atoms with Crippen LogP contribution in [-0.2, 0) is 10.8 Å². The number of benzene rings is 9. The zero-order valence-corrected chi connectivity index (χ0v) is 45.3. The van der Waals surface area contributed by atoms with Gasteiger partial charge < -0.3 is 9.13 Å². The van der Waals surface area contributed by atoms with E-state index in [0.717, 1.165) is 55.9 Å². The average Bonchev–Trinajstić information content (AvgIpc) is 4.31. The Balaban J connectivity index is 1.19.